The highest BCUT2D eigenvalue weighted by molar-refractivity contribution is 5.80. The molecule has 0 aliphatic carbocycles. The summed E-state index contributed by atoms with van der Waals surface area (Å²) in [7, 11) is 0. The summed E-state index contributed by atoms with van der Waals surface area (Å²) in [5.41, 5.74) is 5.36. The number of likely N-dealkylation sites (tertiary alicyclic amines) is 1. The van der Waals surface area contributed by atoms with Crippen LogP contribution in [0.15, 0.2) is 0 Å². The van der Waals surface area contributed by atoms with E-state index in [-0.39, 0.29) is 23.8 Å². The second-order valence-electron chi connectivity index (χ2n) is 4.41. The molecule has 5 heteroatoms. The van der Waals surface area contributed by atoms with Gasteiger partial charge in [-0.25, -0.2) is 0 Å². The molecule has 1 unspecified atom stereocenters. The first kappa shape index (κ1) is 14.0. The highest BCUT2D eigenvalue weighted by atomic mass is 16.5. The van der Waals surface area contributed by atoms with Crippen molar-refractivity contribution in [3.05, 3.63) is 0 Å². The molecule has 0 aromatic heterocycles. The molecule has 1 rings (SSSR count). The zero-order valence-corrected chi connectivity index (χ0v) is 10.6. The summed E-state index contributed by atoms with van der Waals surface area (Å²) in [6, 6.07) is -0.257. The molecular weight excluding hydrogens is 220 g/mol. The fourth-order valence-corrected chi connectivity index (χ4v) is 2.38. The van der Waals surface area contributed by atoms with Gasteiger partial charge in [0.2, 0.25) is 5.91 Å². The number of nitrogens with zero attached hydrogens (tertiary/aromatic N) is 1. The molecule has 1 aliphatic heterocycles. The third-order valence-electron chi connectivity index (χ3n) is 3.23. The Morgan fingerprint density at radius 3 is 2.71 bits per heavy atom. The van der Waals surface area contributed by atoms with E-state index in [2.05, 4.69) is 0 Å². The Labute approximate surface area is 102 Å². The maximum Gasteiger partial charge on any atom is 0.310 e. The lowest BCUT2D eigenvalue weighted by Gasteiger charge is -2.35. The minimum absolute atomic E-state index is 0.114. The number of amides is 1. The lowest BCUT2D eigenvalue weighted by molar-refractivity contribution is -0.151. The van der Waals surface area contributed by atoms with E-state index < -0.39 is 0 Å². The zero-order chi connectivity index (χ0) is 12.8. The monoisotopic (exact) mass is 242 g/mol. The van der Waals surface area contributed by atoms with Gasteiger partial charge in [0.1, 0.15) is 0 Å². The van der Waals surface area contributed by atoms with Gasteiger partial charge in [0, 0.05) is 6.54 Å². The Morgan fingerprint density at radius 1 is 1.47 bits per heavy atom. The maximum atomic E-state index is 11.7. The normalized spacial score (nSPS) is 23.1. The van der Waals surface area contributed by atoms with Crippen LogP contribution in [0, 0.1) is 5.92 Å². The van der Waals surface area contributed by atoms with Gasteiger partial charge in [-0.1, -0.05) is 6.92 Å². The molecule has 1 aliphatic rings. The molecule has 2 N–H and O–H groups in total. The first-order chi connectivity index (χ1) is 8.10. The Bertz CT molecular complexity index is 281. The summed E-state index contributed by atoms with van der Waals surface area (Å²) >= 11 is 0. The molecule has 1 heterocycles. The van der Waals surface area contributed by atoms with E-state index in [0.717, 1.165) is 19.4 Å². The lowest BCUT2D eigenvalue weighted by atomic mass is 9.96. The summed E-state index contributed by atoms with van der Waals surface area (Å²) in [6.45, 7) is 5.56. The van der Waals surface area contributed by atoms with Gasteiger partial charge in [0.15, 0.2) is 0 Å². The van der Waals surface area contributed by atoms with Gasteiger partial charge in [-0.2, -0.15) is 0 Å². The lowest BCUT2D eigenvalue weighted by Crippen LogP contribution is -2.50. The van der Waals surface area contributed by atoms with Crippen molar-refractivity contribution in [3.8, 4) is 0 Å². The van der Waals surface area contributed by atoms with E-state index in [1.165, 1.54) is 0 Å². The van der Waals surface area contributed by atoms with Crippen molar-refractivity contribution < 1.29 is 14.3 Å². The van der Waals surface area contributed by atoms with Crippen LogP contribution in [0.1, 0.15) is 33.1 Å². The molecule has 0 saturated carbocycles. The van der Waals surface area contributed by atoms with Gasteiger partial charge in [0.05, 0.1) is 18.6 Å². The predicted molar refractivity (Wildman–Crippen MR) is 64.2 cm³/mol. The maximum absolute atomic E-state index is 11.7. The number of piperidine rings is 1. The van der Waals surface area contributed by atoms with Gasteiger partial charge < -0.3 is 10.5 Å². The van der Waals surface area contributed by atoms with Crippen molar-refractivity contribution >= 4 is 11.9 Å². The van der Waals surface area contributed by atoms with Crippen molar-refractivity contribution in [1.29, 1.82) is 0 Å². The average Bonchev–Trinajstić information content (AvgIpc) is 2.30. The molecule has 0 aromatic carbocycles. The van der Waals surface area contributed by atoms with Crippen LogP contribution in [-0.4, -0.2) is 42.5 Å². The molecule has 17 heavy (non-hydrogen) atoms. The summed E-state index contributed by atoms with van der Waals surface area (Å²) < 4.78 is 5.02. The van der Waals surface area contributed by atoms with Gasteiger partial charge in [-0.05, 0) is 32.7 Å². The topological polar surface area (TPSA) is 72.6 Å². The molecule has 0 radical (unpaired) electrons. The minimum atomic E-state index is -0.308. The molecule has 0 aromatic rings. The summed E-state index contributed by atoms with van der Waals surface area (Å²) in [5, 5.41) is 0. The highest BCUT2D eigenvalue weighted by Gasteiger charge is 2.31. The predicted octanol–water partition coefficient (Wildman–Crippen LogP) is 0.525. The van der Waals surface area contributed by atoms with Crippen LogP contribution in [0.2, 0.25) is 0 Å². The van der Waals surface area contributed by atoms with Gasteiger partial charge in [0.25, 0.3) is 0 Å². The number of esters is 1. The Kier molecular flexibility index (Phi) is 5.41. The number of carbonyl (C=O) groups is 2. The second-order valence-corrected chi connectivity index (χ2v) is 4.41. The van der Waals surface area contributed by atoms with Crippen molar-refractivity contribution in [3.63, 3.8) is 0 Å². The number of nitrogens with two attached hydrogens (primary N) is 1. The largest absolute Gasteiger partial charge is 0.466 e. The quantitative estimate of drug-likeness (QED) is 0.714. The van der Waals surface area contributed by atoms with Crippen LogP contribution in [0.4, 0.5) is 0 Å². The van der Waals surface area contributed by atoms with Gasteiger partial charge in [-0.15, -0.1) is 0 Å². The first-order valence-corrected chi connectivity index (χ1v) is 6.30. The van der Waals surface area contributed by atoms with E-state index >= 15 is 0 Å². The van der Waals surface area contributed by atoms with Crippen LogP contribution in [0.5, 0.6) is 0 Å². The number of hydrogen-bond donors (Lipinski definition) is 1. The van der Waals surface area contributed by atoms with Crippen LogP contribution < -0.4 is 5.73 Å². The summed E-state index contributed by atoms with van der Waals surface area (Å²) in [4.78, 5) is 25.0. The standard InChI is InChI=1S/C12H22N2O3/c1-3-10(11(13)15)14-7-5-6-9(8-14)12(16)17-4-2/h9-10H,3-8H2,1-2H3,(H2,13,15)/t9-,10?/m0/s1. The molecule has 0 bridgehead atoms. The summed E-state index contributed by atoms with van der Waals surface area (Å²) in [5.74, 6) is -0.578. The van der Waals surface area contributed by atoms with E-state index in [0.29, 0.717) is 19.6 Å². The highest BCUT2D eigenvalue weighted by Crippen LogP contribution is 2.20. The molecule has 98 valence electrons. The molecule has 2 atom stereocenters. The molecule has 1 amide bonds. The fraction of sp³-hybridized carbons (Fsp3) is 0.833. The number of primary amides is 1. The first-order valence-electron chi connectivity index (χ1n) is 6.30. The molecule has 1 saturated heterocycles. The minimum Gasteiger partial charge on any atom is -0.466 e. The Hall–Kier alpha value is -1.10. The summed E-state index contributed by atoms with van der Waals surface area (Å²) in [6.07, 6.45) is 2.43. The molecule has 5 nitrogen and oxygen atoms in total. The second kappa shape index (κ2) is 6.59. The Morgan fingerprint density at radius 2 is 2.18 bits per heavy atom. The van der Waals surface area contributed by atoms with Gasteiger partial charge in [-0.3, -0.25) is 14.5 Å². The van der Waals surface area contributed by atoms with E-state index in [4.69, 9.17) is 10.5 Å². The van der Waals surface area contributed by atoms with Crippen molar-refractivity contribution in [2.75, 3.05) is 19.7 Å². The van der Waals surface area contributed by atoms with Crippen LogP contribution in [-0.2, 0) is 14.3 Å². The average molecular weight is 242 g/mol. The number of carbonyl (C=O) groups excluding carboxylic acids is 2. The third-order valence-corrected chi connectivity index (χ3v) is 3.23. The van der Waals surface area contributed by atoms with Gasteiger partial charge >= 0.3 is 5.97 Å². The van der Waals surface area contributed by atoms with Crippen molar-refractivity contribution in [2.24, 2.45) is 11.7 Å². The van der Waals surface area contributed by atoms with E-state index in [1.807, 2.05) is 11.8 Å². The van der Waals surface area contributed by atoms with Crippen molar-refractivity contribution in [2.45, 2.75) is 39.2 Å². The zero-order valence-electron chi connectivity index (χ0n) is 10.6. The SMILES string of the molecule is CCOC(=O)[C@H]1CCCN(C(CC)C(N)=O)C1. The fourth-order valence-electron chi connectivity index (χ4n) is 2.38. The van der Waals surface area contributed by atoms with Crippen LogP contribution >= 0.6 is 0 Å². The van der Waals surface area contributed by atoms with Crippen molar-refractivity contribution in [1.82, 2.24) is 4.90 Å². The van der Waals surface area contributed by atoms with E-state index in [1.54, 1.807) is 6.92 Å². The Balaban J connectivity index is 2.59. The molecule has 1 fully saturated rings. The molecular formula is C12H22N2O3. The smallest absolute Gasteiger partial charge is 0.310 e. The number of hydrogen-bond acceptors (Lipinski definition) is 4. The van der Waals surface area contributed by atoms with Crippen LogP contribution in [0.25, 0.3) is 0 Å². The number of ether oxygens (including phenoxy) is 1. The molecule has 0 spiro atoms. The third kappa shape index (κ3) is 3.70. The number of rotatable bonds is 5. The van der Waals surface area contributed by atoms with Crippen LogP contribution in [0.3, 0.4) is 0 Å². The van der Waals surface area contributed by atoms with E-state index in [9.17, 15) is 9.59 Å².